The predicted molar refractivity (Wildman–Crippen MR) is 87.3 cm³/mol. The van der Waals surface area contributed by atoms with Crippen molar-refractivity contribution >= 4 is 11.6 Å². The molecule has 1 aromatic carbocycles. The fourth-order valence-electron chi connectivity index (χ4n) is 2.63. The second kappa shape index (κ2) is 5.98. The Labute approximate surface area is 150 Å². The normalized spacial score (nSPS) is 14.6. The molecule has 134 valence electrons. The minimum Gasteiger partial charge on any atom is -0.425 e. The van der Waals surface area contributed by atoms with E-state index in [1.165, 1.54) is 18.3 Å². The van der Waals surface area contributed by atoms with Gasteiger partial charge in [-0.1, -0.05) is 12.1 Å². The average Bonchev–Trinajstić information content (AvgIpc) is 3.37. The smallest absolute Gasteiger partial charge is 0.416 e. The summed E-state index contributed by atoms with van der Waals surface area (Å²) in [7, 11) is 0. The molecule has 4 rings (SSSR count). The van der Waals surface area contributed by atoms with E-state index in [4.69, 9.17) is 16.0 Å². The van der Waals surface area contributed by atoms with Crippen molar-refractivity contribution in [3.63, 3.8) is 0 Å². The molecule has 0 N–H and O–H groups in total. The van der Waals surface area contributed by atoms with Crippen LogP contribution in [0.4, 0.5) is 13.2 Å². The molecule has 3 aromatic rings. The first kappa shape index (κ1) is 16.8. The van der Waals surface area contributed by atoms with Crippen LogP contribution in [0, 0.1) is 0 Å². The van der Waals surface area contributed by atoms with E-state index in [1.54, 1.807) is 6.07 Å². The van der Waals surface area contributed by atoms with Gasteiger partial charge in [-0.15, -0.1) is 0 Å². The molecule has 0 amide bonds. The molecule has 0 bridgehead atoms. The van der Waals surface area contributed by atoms with E-state index < -0.39 is 17.4 Å². The minimum absolute atomic E-state index is 0.0783. The number of hydrogen-bond acceptors (Lipinski definition) is 4. The monoisotopic (exact) mass is 381 g/mol. The predicted octanol–water partition coefficient (Wildman–Crippen LogP) is 4.44. The third kappa shape index (κ3) is 3.12. The Morgan fingerprint density at radius 3 is 2.38 bits per heavy atom. The number of hydrogen-bond donors (Lipinski definition) is 0. The number of halogens is 4. The van der Waals surface area contributed by atoms with Crippen LogP contribution in [0.5, 0.6) is 0 Å². The molecule has 0 radical (unpaired) electrons. The van der Waals surface area contributed by atoms with E-state index in [1.807, 2.05) is 0 Å². The molecule has 1 fully saturated rings. The lowest BCUT2D eigenvalue weighted by Gasteiger charge is -2.08. The molecule has 1 aliphatic carbocycles. The maximum atomic E-state index is 12.7. The first-order valence-electron chi connectivity index (χ1n) is 7.77. The van der Waals surface area contributed by atoms with Gasteiger partial charge in [-0.05, 0) is 42.6 Å². The summed E-state index contributed by atoms with van der Waals surface area (Å²) in [4.78, 5) is 20.3. The van der Waals surface area contributed by atoms with E-state index in [9.17, 15) is 18.0 Å². The molecule has 26 heavy (non-hydrogen) atoms. The van der Waals surface area contributed by atoms with Gasteiger partial charge in [-0.3, -0.25) is 0 Å². The zero-order valence-electron chi connectivity index (χ0n) is 13.1. The van der Waals surface area contributed by atoms with Crippen LogP contribution in [0.15, 0.2) is 45.7 Å². The van der Waals surface area contributed by atoms with Gasteiger partial charge in [0.2, 0.25) is 0 Å². The summed E-state index contributed by atoms with van der Waals surface area (Å²) in [6, 6.07) is 6.04. The Balaban J connectivity index is 1.77. The second-order valence-electron chi connectivity index (χ2n) is 5.97. The van der Waals surface area contributed by atoms with Crippen molar-refractivity contribution in [1.29, 1.82) is 0 Å². The largest absolute Gasteiger partial charge is 0.425 e. The lowest BCUT2D eigenvalue weighted by atomic mass is 10.1. The summed E-state index contributed by atoms with van der Waals surface area (Å²) >= 11 is 5.82. The highest BCUT2D eigenvalue weighted by atomic mass is 35.5. The van der Waals surface area contributed by atoms with Gasteiger partial charge in [0.05, 0.1) is 11.3 Å². The highest BCUT2D eigenvalue weighted by Crippen LogP contribution is 2.38. The van der Waals surface area contributed by atoms with Crippen LogP contribution < -0.4 is 5.69 Å². The van der Waals surface area contributed by atoms with Crippen LogP contribution in [-0.2, 0) is 6.18 Å². The molecule has 2 heterocycles. The summed E-state index contributed by atoms with van der Waals surface area (Å²) in [6.07, 6.45) is -0.920. The highest BCUT2D eigenvalue weighted by Gasteiger charge is 2.30. The minimum atomic E-state index is -4.44. The van der Waals surface area contributed by atoms with Crippen LogP contribution in [-0.4, -0.2) is 14.5 Å². The van der Waals surface area contributed by atoms with Crippen LogP contribution in [0.25, 0.3) is 17.1 Å². The van der Waals surface area contributed by atoms with Gasteiger partial charge in [0, 0.05) is 17.7 Å². The van der Waals surface area contributed by atoms with E-state index in [0.29, 0.717) is 11.5 Å². The molecule has 1 saturated carbocycles. The van der Waals surface area contributed by atoms with Crippen LogP contribution in [0.3, 0.4) is 0 Å². The van der Waals surface area contributed by atoms with E-state index in [0.717, 1.165) is 35.2 Å². The van der Waals surface area contributed by atoms with Crippen molar-refractivity contribution in [3.05, 3.63) is 63.6 Å². The Bertz CT molecular complexity index is 1020. The van der Waals surface area contributed by atoms with E-state index in [-0.39, 0.29) is 16.9 Å². The SMILES string of the molecule is O=c1nc(C2CC2)ccn1-c1nc(Cl)oc1-c1ccc(C(F)(F)F)cc1. The molecule has 0 spiro atoms. The van der Waals surface area contributed by atoms with Crippen molar-refractivity contribution < 1.29 is 17.6 Å². The van der Waals surface area contributed by atoms with Gasteiger partial charge >= 0.3 is 11.9 Å². The van der Waals surface area contributed by atoms with Gasteiger partial charge in [-0.2, -0.15) is 23.1 Å². The van der Waals surface area contributed by atoms with E-state index >= 15 is 0 Å². The molecule has 2 aromatic heterocycles. The third-order valence-electron chi connectivity index (χ3n) is 4.11. The van der Waals surface area contributed by atoms with Gasteiger partial charge in [-0.25, -0.2) is 9.36 Å². The molecule has 0 saturated heterocycles. The molecule has 1 aliphatic rings. The summed E-state index contributed by atoms with van der Waals surface area (Å²) in [6.45, 7) is 0. The fraction of sp³-hybridized carbons (Fsp3) is 0.235. The van der Waals surface area contributed by atoms with Crippen molar-refractivity contribution in [2.75, 3.05) is 0 Å². The van der Waals surface area contributed by atoms with Gasteiger partial charge in [0.25, 0.3) is 5.35 Å². The Kier molecular flexibility index (Phi) is 3.87. The average molecular weight is 382 g/mol. The Hall–Kier alpha value is -2.61. The molecule has 0 atom stereocenters. The number of benzene rings is 1. The summed E-state index contributed by atoms with van der Waals surface area (Å²) in [5.41, 5.74) is -0.309. The standard InChI is InChI=1S/C17H11ClF3N3O2/c18-15-23-14(24-8-7-12(9-1-2-9)22-16(24)25)13(26-15)10-3-5-11(6-4-10)17(19,20)21/h3-9H,1-2H2. The molecular weight excluding hydrogens is 371 g/mol. The topological polar surface area (TPSA) is 60.9 Å². The quantitative estimate of drug-likeness (QED) is 0.673. The summed E-state index contributed by atoms with van der Waals surface area (Å²) in [5.74, 6) is 0.481. The number of aromatic nitrogens is 3. The lowest BCUT2D eigenvalue weighted by molar-refractivity contribution is -0.137. The first-order chi connectivity index (χ1) is 12.3. The molecule has 0 aliphatic heterocycles. The van der Waals surface area contributed by atoms with Crippen molar-refractivity contribution in [2.24, 2.45) is 0 Å². The van der Waals surface area contributed by atoms with E-state index in [2.05, 4.69) is 9.97 Å². The number of nitrogens with zero attached hydrogens (tertiary/aromatic N) is 3. The van der Waals surface area contributed by atoms with Crippen molar-refractivity contribution in [2.45, 2.75) is 24.9 Å². The maximum Gasteiger partial charge on any atom is 0.416 e. The Morgan fingerprint density at radius 1 is 1.12 bits per heavy atom. The molecule has 0 unspecified atom stereocenters. The third-order valence-corrected chi connectivity index (χ3v) is 4.27. The second-order valence-corrected chi connectivity index (χ2v) is 6.30. The highest BCUT2D eigenvalue weighted by molar-refractivity contribution is 6.27. The summed E-state index contributed by atoms with van der Waals surface area (Å²) < 4.78 is 44.6. The van der Waals surface area contributed by atoms with Crippen LogP contribution in [0.1, 0.15) is 30.0 Å². The Morgan fingerprint density at radius 2 is 1.81 bits per heavy atom. The van der Waals surface area contributed by atoms with Crippen molar-refractivity contribution in [1.82, 2.24) is 14.5 Å². The van der Waals surface area contributed by atoms with Gasteiger partial charge in [0.1, 0.15) is 0 Å². The van der Waals surface area contributed by atoms with Crippen LogP contribution in [0.2, 0.25) is 5.35 Å². The van der Waals surface area contributed by atoms with Gasteiger partial charge < -0.3 is 4.42 Å². The molecular formula is C17H11ClF3N3O2. The van der Waals surface area contributed by atoms with Crippen molar-refractivity contribution in [3.8, 4) is 17.1 Å². The number of oxazole rings is 1. The number of alkyl halides is 3. The number of rotatable bonds is 3. The first-order valence-corrected chi connectivity index (χ1v) is 8.14. The molecule has 9 heteroatoms. The zero-order chi connectivity index (χ0) is 18.5. The fourth-order valence-corrected chi connectivity index (χ4v) is 2.79. The maximum absolute atomic E-state index is 12.7. The lowest BCUT2D eigenvalue weighted by Crippen LogP contribution is -2.22. The summed E-state index contributed by atoms with van der Waals surface area (Å²) in [5, 5.41) is -0.229. The molecule has 5 nitrogen and oxygen atoms in total. The zero-order valence-corrected chi connectivity index (χ0v) is 13.9. The van der Waals surface area contributed by atoms with Crippen LogP contribution >= 0.6 is 11.6 Å². The van der Waals surface area contributed by atoms with Gasteiger partial charge in [0.15, 0.2) is 11.6 Å².